The molecule has 6 amide bonds. The SMILES string of the molecule is CC[C@@]1(O)C(=O)OCC2=C1C=C1c3nc4cc(F)c(C)c5c4c(c3CC1C2=O)[C@@H](NC(=O)[C@H](C)NC(=O)[C@@H](NC(=O)CCOCCOCCOCCOCCOCCOCCOCCOCCNC(=O)CCN1C(=O)C=CC1=O)C(C)C)CC5. The van der Waals surface area contributed by atoms with E-state index in [1.54, 1.807) is 40.7 Å². The molecule has 5 aliphatic rings. The Kier molecular flexibility index (Phi) is 24.5. The number of halogens is 1. The highest BCUT2D eigenvalue weighted by Crippen LogP contribution is 2.51. The van der Waals surface area contributed by atoms with Crippen molar-refractivity contribution in [2.24, 2.45) is 11.8 Å². The number of imide groups is 1. The van der Waals surface area contributed by atoms with Crippen LogP contribution in [0.4, 0.5) is 4.39 Å². The van der Waals surface area contributed by atoms with Crippen molar-refractivity contribution < 1.29 is 90.5 Å². The summed E-state index contributed by atoms with van der Waals surface area (Å²) < 4.78 is 64.7. The van der Waals surface area contributed by atoms with Crippen LogP contribution in [-0.2, 0) is 93.8 Å². The average Bonchev–Trinajstić information content (AvgIpc) is 1.51. The number of hydrogen-bond acceptors (Lipinski definition) is 19. The van der Waals surface area contributed by atoms with E-state index in [1.165, 1.54) is 18.2 Å². The first-order chi connectivity index (χ1) is 40.4. The lowest BCUT2D eigenvalue weighted by molar-refractivity contribution is -0.163. The molecule has 0 bridgehead atoms. The van der Waals surface area contributed by atoms with Crippen LogP contribution in [0.1, 0.15) is 87.4 Å². The number of ketones is 1. The van der Waals surface area contributed by atoms with Gasteiger partial charge in [-0.1, -0.05) is 20.8 Å². The third kappa shape index (κ3) is 16.7. The van der Waals surface area contributed by atoms with Gasteiger partial charge < -0.3 is 69.0 Å². The monoisotopic (exact) mass is 1180 g/mol. The van der Waals surface area contributed by atoms with E-state index in [0.29, 0.717) is 144 Å². The van der Waals surface area contributed by atoms with Crippen LogP contribution in [0.5, 0.6) is 0 Å². The number of esters is 1. The number of nitrogens with zero attached hydrogens (tertiary/aromatic N) is 2. The Morgan fingerprint density at radius 3 is 1.88 bits per heavy atom. The lowest BCUT2D eigenvalue weighted by Crippen LogP contribution is -2.55. The topological polar surface area (TPSA) is 304 Å². The number of aryl methyl sites for hydroxylation is 1. The molecule has 0 saturated heterocycles. The highest BCUT2D eigenvalue weighted by molar-refractivity contribution is 6.14. The van der Waals surface area contributed by atoms with E-state index in [2.05, 4.69) is 21.3 Å². The molecule has 1 aromatic carbocycles. The number of carbonyl (C=O) groups is 8. The zero-order valence-electron chi connectivity index (χ0n) is 48.5. The maximum atomic E-state index is 15.5. The number of amides is 6. The van der Waals surface area contributed by atoms with Crippen molar-refractivity contribution >= 4 is 63.7 Å². The Bertz CT molecular complexity index is 2820. The van der Waals surface area contributed by atoms with Gasteiger partial charge in [-0.25, -0.2) is 14.2 Å². The number of Topliss-reactive ketones (excluding diaryl/α,β-unsaturated/α-hetero) is 1. The van der Waals surface area contributed by atoms with Gasteiger partial charge in [-0.15, -0.1) is 0 Å². The van der Waals surface area contributed by atoms with Crippen LogP contribution in [-0.4, -0.2) is 205 Å². The quantitative estimate of drug-likeness (QED) is 0.0364. The molecule has 0 spiro atoms. The number of aliphatic hydroxyl groups is 1. The molecule has 3 heterocycles. The summed E-state index contributed by atoms with van der Waals surface area (Å²) in [6.07, 6.45) is 5.08. The van der Waals surface area contributed by atoms with Crippen LogP contribution >= 0.6 is 0 Å². The first-order valence-corrected chi connectivity index (χ1v) is 28.8. The number of pyridine rings is 1. The van der Waals surface area contributed by atoms with Crippen molar-refractivity contribution in [1.29, 1.82) is 0 Å². The number of rotatable bonds is 37. The highest BCUT2D eigenvalue weighted by Gasteiger charge is 2.51. The summed E-state index contributed by atoms with van der Waals surface area (Å²) in [6.45, 7) is 14.0. The van der Waals surface area contributed by atoms with Crippen LogP contribution in [0, 0.1) is 24.6 Å². The van der Waals surface area contributed by atoms with E-state index < -0.39 is 71.0 Å². The molecule has 84 heavy (non-hydrogen) atoms. The van der Waals surface area contributed by atoms with Crippen LogP contribution in [0.25, 0.3) is 16.5 Å². The molecule has 7 rings (SSSR count). The second-order valence-corrected chi connectivity index (χ2v) is 21.1. The Morgan fingerprint density at radius 1 is 0.762 bits per heavy atom. The van der Waals surface area contributed by atoms with E-state index in [-0.39, 0.29) is 87.4 Å². The molecule has 1 aromatic heterocycles. The predicted octanol–water partition coefficient (Wildman–Crippen LogP) is 1.52. The first-order valence-electron chi connectivity index (χ1n) is 28.8. The number of allylic oxidation sites excluding steroid dienone is 1. The van der Waals surface area contributed by atoms with Gasteiger partial charge in [-0.3, -0.25) is 38.5 Å². The number of carbonyl (C=O) groups excluding carboxylic acids is 8. The number of cyclic esters (lactones) is 1. The smallest absolute Gasteiger partial charge is 0.343 e. The molecule has 1 unspecified atom stereocenters. The Morgan fingerprint density at radius 2 is 1.32 bits per heavy atom. The van der Waals surface area contributed by atoms with Crippen LogP contribution in [0.2, 0.25) is 0 Å². The molecule has 0 radical (unpaired) electrons. The van der Waals surface area contributed by atoms with Gasteiger partial charge in [0.25, 0.3) is 11.8 Å². The third-order valence-corrected chi connectivity index (χ3v) is 15.2. The summed E-state index contributed by atoms with van der Waals surface area (Å²) >= 11 is 0. The summed E-state index contributed by atoms with van der Waals surface area (Å²) in [5.41, 5.74) is 2.37. The van der Waals surface area contributed by atoms with Crippen molar-refractivity contribution in [1.82, 2.24) is 31.2 Å². The summed E-state index contributed by atoms with van der Waals surface area (Å²) in [6, 6.07) is -1.23. The fourth-order valence-electron chi connectivity index (χ4n) is 10.5. The molecule has 0 fully saturated rings. The molecule has 5 atom stereocenters. The molecular weight excluding hydrogens is 1100 g/mol. The first kappa shape index (κ1) is 65.1. The summed E-state index contributed by atoms with van der Waals surface area (Å²) in [5, 5.41) is 23.4. The Labute approximate surface area is 487 Å². The molecule has 460 valence electrons. The van der Waals surface area contributed by atoms with Gasteiger partial charge in [0.1, 0.15) is 24.5 Å². The normalized spacial score (nSPS) is 19.5. The van der Waals surface area contributed by atoms with Crippen LogP contribution < -0.4 is 21.3 Å². The van der Waals surface area contributed by atoms with E-state index in [1.807, 2.05) is 0 Å². The minimum atomic E-state index is -2.01. The minimum absolute atomic E-state index is 0.0150. The van der Waals surface area contributed by atoms with E-state index in [0.717, 1.165) is 10.5 Å². The van der Waals surface area contributed by atoms with Crippen LogP contribution in [0.15, 0.2) is 35.4 Å². The lowest BCUT2D eigenvalue weighted by atomic mass is 9.75. The van der Waals surface area contributed by atoms with Crippen LogP contribution in [0.3, 0.4) is 0 Å². The average molecular weight is 1180 g/mol. The van der Waals surface area contributed by atoms with E-state index in [9.17, 15) is 43.5 Å². The third-order valence-electron chi connectivity index (χ3n) is 15.2. The van der Waals surface area contributed by atoms with Gasteiger partial charge in [-0.05, 0) is 79.4 Å². The number of fused-ring (bicyclic) bond motifs is 4. The van der Waals surface area contributed by atoms with Crippen molar-refractivity contribution in [3.63, 3.8) is 0 Å². The summed E-state index contributed by atoms with van der Waals surface area (Å²) in [5.74, 6) is -5.13. The zero-order valence-corrected chi connectivity index (χ0v) is 48.5. The van der Waals surface area contributed by atoms with Gasteiger partial charge in [0, 0.05) is 60.7 Å². The largest absolute Gasteiger partial charge is 0.458 e. The number of hydrogen-bond donors (Lipinski definition) is 5. The Hall–Kier alpha value is -6.42. The second-order valence-electron chi connectivity index (χ2n) is 21.1. The van der Waals surface area contributed by atoms with Gasteiger partial charge in [0.05, 0.1) is 129 Å². The molecule has 24 nitrogen and oxygen atoms in total. The highest BCUT2D eigenvalue weighted by atomic mass is 19.1. The molecule has 3 aliphatic carbocycles. The second kappa shape index (κ2) is 31.6. The summed E-state index contributed by atoms with van der Waals surface area (Å²) in [4.78, 5) is 108. The van der Waals surface area contributed by atoms with Gasteiger partial charge in [0.15, 0.2) is 11.4 Å². The summed E-state index contributed by atoms with van der Waals surface area (Å²) in [7, 11) is 0. The van der Waals surface area contributed by atoms with E-state index >= 15 is 4.39 Å². The van der Waals surface area contributed by atoms with Crippen molar-refractivity contribution in [2.75, 3.05) is 125 Å². The predicted molar refractivity (Wildman–Crippen MR) is 298 cm³/mol. The maximum absolute atomic E-state index is 15.5. The zero-order chi connectivity index (χ0) is 60.3. The fraction of sp³-hybridized carbons (Fsp3) is 0.610. The molecule has 2 aromatic rings. The Balaban J connectivity index is 0.699. The van der Waals surface area contributed by atoms with Gasteiger partial charge >= 0.3 is 5.97 Å². The minimum Gasteiger partial charge on any atom is -0.458 e. The maximum Gasteiger partial charge on any atom is 0.343 e. The number of ether oxygens (including phenoxy) is 9. The molecule has 5 N–H and O–H groups in total. The van der Waals surface area contributed by atoms with Crippen molar-refractivity contribution in [3.05, 3.63) is 69.2 Å². The number of aromatic nitrogens is 1. The molecule has 25 heteroatoms. The molecular formula is C59H79FN6O18. The van der Waals surface area contributed by atoms with Crippen molar-refractivity contribution in [3.8, 4) is 0 Å². The molecule has 2 aliphatic heterocycles. The van der Waals surface area contributed by atoms with Crippen molar-refractivity contribution in [2.45, 2.75) is 96.9 Å². The number of nitrogens with one attached hydrogen (secondary N) is 4. The van der Waals surface area contributed by atoms with E-state index in [4.69, 9.17) is 47.6 Å². The van der Waals surface area contributed by atoms with Gasteiger partial charge in [-0.2, -0.15) is 0 Å². The van der Waals surface area contributed by atoms with Gasteiger partial charge in [0.2, 0.25) is 23.6 Å². The fourth-order valence-corrected chi connectivity index (χ4v) is 10.5. The number of benzene rings is 1. The standard InChI is InChI=1S/C59H79FN6O18/c1-6-59(75)43-32-39-40(55(71)42(43)34-84-58(59)74)31-41-52-45(8-7-38-36(4)44(60)33-46(51(38)52)63-54(39)41)64-56(72)37(5)62-57(73)53(35(2)3)65-48(68)12-15-76-17-19-78-21-23-80-25-27-82-29-30-83-28-26-81-24-22-79-20-18-77-16-13-61-47(67)11-14-66-49(69)9-10-50(66)70/h9-10,32-33,35,37,40,45,53,75H,6-8,11-31,34H2,1-5H3,(H,61,67)(H,62,73)(H,64,72)(H,65,68)/t37-,40?,45-,53-,59-/m0/s1. The lowest BCUT2D eigenvalue weighted by Gasteiger charge is -2.35. The molecule has 0 saturated carbocycles.